The molecule has 0 aliphatic carbocycles. The molecule has 0 saturated carbocycles. The van der Waals surface area contributed by atoms with Gasteiger partial charge in [-0.25, -0.2) is 4.79 Å². The summed E-state index contributed by atoms with van der Waals surface area (Å²) in [7, 11) is 0. The molecule has 118 valence electrons. The molecule has 2 rings (SSSR count). The number of esters is 1. The average Bonchev–Trinajstić information content (AvgIpc) is 2.86. The lowest BCUT2D eigenvalue weighted by Crippen LogP contribution is -2.09. The van der Waals surface area contributed by atoms with Gasteiger partial charge in [0, 0.05) is 23.9 Å². The first-order valence-electron chi connectivity index (χ1n) is 7.60. The van der Waals surface area contributed by atoms with Gasteiger partial charge in [-0.3, -0.25) is 4.79 Å². The zero-order chi connectivity index (χ0) is 15.9. The summed E-state index contributed by atoms with van der Waals surface area (Å²) in [6.45, 7) is 2.84. The van der Waals surface area contributed by atoms with Gasteiger partial charge in [-0.2, -0.15) is 0 Å². The van der Waals surface area contributed by atoms with Gasteiger partial charge in [0.1, 0.15) is 5.69 Å². The van der Waals surface area contributed by atoms with E-state index in [0.29, 0.717) is 25.3 Å². The summed E-state index contributed by atoms with van der Waals surface area (Å²) < 4.78 is 6.72. The lowest BCUT2D eigenvalue weighted by Gasteiger charge is -2.08. The minimum Gasteiger partial charge on any atom is -0.477 e. The van der Waals surface area contributed by atoms with E-state index in [1.807, 2.05) is 28.8 Å². The Balaban J connectivity index is 1.95. The van der Waals surface area contributed by atoms with Gasteiger partial charge >= 0.3 is 11.9 Å². The fraction of sp³-hybridized carbons (Fsp3) is 0.412. The number of aromatic carboxylic acids is 1. The highest BCUT2D eigenvalue weighted by molar-refractivity contribution is 5.94. The van der Waals surface area contributed by atoms with Gasteiger partial charge in [0.15, 0.2) is 0 Å². The third-order valence-electron chi connectivity index (χ3n) is 3.60. The Kier molecular flexibility index (Phi) is 5.58. The molecule has 1 N–H and O–H groups in total. The molecule has 1 heterocycles. The van der Waals surface area contributed by atoms with Crippen LogP contribution in [0.25, 0.3) is 10.9 Å². The lowest BCUT2D eigenvalue weighted by atomic mass is 10.2. The predicted molar refractivity (Wildman–Crippen MR) is 84.0 cm³/mol. The zero-order valence-electron chi connectivity index (χ0n) is 12.7. The van der Waals surface area contributed by atoms with Crippen LogP contribution in [0, 0.1) is 0 Å². The number of carbonyl (C=O) groups is 2. The molecule has 0 bridgehead atoms. The predicted octanol–water partition coefficient (Wildman–Crippen LogP) is 3.46. The van der Waals surface area contributed by atoms with Gasteiger partial charge < -0.3 is 14.4 Å². The van der Waals surface area contributed by atoms with Crippen LogP contribution in [0.15, 0.2) is 30.3 Å². The normalized spacial score (nSPS) is 10.8. The first kappa shape index (κ1) is 16.1. The smallest absolute Gasteiger partial charge is 0.352 e. The van der Waals surface area contributed by atoms with Crippen molar-refractivity contribution in [2.24, 2.45) is 0 Å². The number of carboxylic acids is 1. The largest absolute Gasteiger partial charge is 0.477 e. The van der Waals surface area contributed by atoms with Gasteiger partial charge in [0.2, 0.25) is 0 Å². The first-order chi connectivity index (χ1) is 10.6. The Morgan fingerprint density at radius 3 is 2.68 bits per heavy atom. The van der Waals surface area contributed by atoms with Crippen molar-refractivity contribution in [3.05, 3.63) is 36.0 Å². The number of unbranched alkanes of at least 4 members (excludes halogenated alkanes) is 2. The number of carboxylic acid groups (broad SMARTS) is 1. The Labute approximate surface area is 129 Å². The fourth-order valence-corrected chi connectivity index (χ4v) is 2.58. The topological polar surface area (TPSA) is 68.5 Å². The minimum atomic E-state index is -0.914. The van der Waals surface area contributed by atoms with Crippen LogP contribution in [0.5, 0.6) is 0 Å². The van der Waals surface area contributed by atoms with Crippen molar-refractivity contribution in [2.45, 2.75) is 39.2 Å². The Morgan fingerprint density at radius 1 is 1.18 bits per heavy atom. The Hall–Kier alpha value is -2.30. The van der Waals surface area contributed by atoms with Gasteiger partial charge in [0.25, 0.3) is 0 Å². The lowest BCUT2D eigenvalue weighted by molar-refractivity contribution is -0.143. The molecule has 0 amide bonds. The van der Waals surface area contributed by atoms with E-state index in [4.69, 9.17) is 4.74 Å². The third-order valence-corrected chi connectivity index (χ3v) is 3.60. The quantitative estimate of drug-likeness (QED) is 0.599. The molecule has 0 aliphatic heterocycles. The van der Waals surface area contributed by atoms with E-state index in [0.717, 1.165) is 30.2 Å². The van der Waals surface area contributed by atoms with Crippen molar-refractivity contribution >= 4 is 22.8 Å². The molecule has 0 unspecified atom stereocenters. The van der Waals surface area contributed by atoms with Crippen molar-refractivity contribution < 1.29 is 19.4 Å². The molecule has 1 aromatic heterocycles. The van der Waals surface area contributed by atoms with E-state index in [-0.39, 0.29) is 5.97 Å². The molecule has 5 nitrogen and oxygen atoms in total. The molecule has 5 heteroatoms. The fourth-order valence-electron chi connectivity index (χ4n) is 2.58. The summed E-state index contributed by atoms with van der Waals surface area (Å²) in [5.74, 6) is -1.08. The number of hydrogen-bond acceptors (Lipinski definition) is 3. The van der Waals surface area contributed by atoms with Crippen LogP contribution in [-0.4, -0.2) is 28.2 Å². The number of rotatable bonds is 8. The van der Waals surface area contributed by atoms with Gasteiger partial charge in [-0.05, 0) is 31.9 Å². The molecular formula is C17H21NO4. The number of fused-ring (bicyclic) bond motifs is 1. The van der Waals surface area contributed by atoms with Crippen LogP contribution in [0.4, 0.5) is 0 Å². The van der Waals surface area contributed by atoms with Crippen LogP contribution in [-0.2, 0) is 16.1 Å². The van der Waals surface area contributed by atoms with E-state index < -0.39 is 5.97 Å². The standard InChI is InChI=1S/C17H21NO4/c1-2-22-16(19)10-4-3-7-11-18-14-9-6-5-8-13(14)12-15(18)17(20)21/h5-6,8-9,12H,2-4,7,10-11H2,1H3,(H,20,21). The number of ether oxygens (including phenoxy) is 1. The second-order valence-corrected chi connectivity index (χ2v) is 5.16. The van der Waals surface area contributed by atoms with Crippen LogP contribution in [0.2, 0.25) is 0 Å². The monoisotopic (exact) mass is 303 g/mol. The van der Waals surface area contributed by atoms with Crippen LogP contribution in [0.3, 0.4) is 0 Å². The highest BCUT2D eigenvalue weighted by atomic mass is 16.5. The molecule has 1 aromatic carbocycles. The number of benzene rings is 1. The highest BCUT2D eigenvalue weighted by Crippen LogP contribution is 2.21. The first-order valence-corrected chi connectivity index (χ1v) is 7.60. The third kappa shape index (κ3) is 3.87. The average molecular weight is 303 g/mol. The summed E-state index contributed by atoms with van der Waals surface area (Å²) in [5.41, 5.74) is 1.25. The Morgan fingerprint density at radius 2 is 1.95 bits per heavy atom. The molecule has 0 spiro atoms. The van der Waals surface area contributed by atoms with E-state index >= 15 is 0 Å². The van der Waals surface area contributed by atoms with E-state index in [1.165, 1.54) is 0 Å². The maximum atomic E-state index is 11.4. The minimum absolute atomic E-state index is 0.167. The van der Waals surface area contributed by atoms with Crippen molar-refractivity contribution in [3.8, 4) is 0 Å². The summed E-state index contributed by atoms with van der Waals surface area (Å²) in [5, 5.41) is 10.3. The SMILES string of the molecule is CCOC(=O)CCCCCn1c(C(=O)O)cc2ccccc21. The maximum absolute atomic E-state index is 11.4. The van der Waals surface area contributed by atoms with Crippen LogP contribution in [0.1, 0.15) is 43.1 Å². The van der Waals surface area contributed by atoms with Crippen molar-refractivity contribution in [1.82, 2.24) is 4.57 Å². The van der Waals surface area contributed by atoms with Gasteiger partial charge in [0.05, 0.1) is 6.61 Å². The summed E-state index contributed by atoms with van der Waals surface area (Å²) in [6.07, 6.45) is 2.88. The second-order valence-electron chi connectivity index (χ2n) is 5.16. The molecule has 0 atom stereocenters. The summed E-state index contributed by atoms with van der Waals surface area (Å²) in [4.78, 5) is 22.6. The summed E-state index contributed by atoms with van der Waals surface area (Å²) in [6, 6.07) is 9.36. The van der Waals surface area contributed by atoms with Crippen molar-refractivity contribution in [2.75, 3.05) is 6.61 Å². The molecule has 0 saturated heterocycles. The highest BCUT2D eigenvalue weighted by Gasteiger charge is 2.13. The number of carbonyl (C=O) groups excluding carboxylic acids is 1. The van der Waals surface area contributed by atoms with E-state index in [2.05, 4.69) is 0 Å². The maximum Gasteiger partial charge on any atom is 0.352 e. The molecule has 0 radical (unpaired) electrons. The second kappa shape index (κ2) is 7.64. The van der Waals surface area contributed by atoms with E-state index in [9.17, 15) is 14.7 Å². The van der Waals surface area contributed by atoms with E-state index in [1.54, 1.807) is 13.0 Å². The summed E-state index contributed by atoms with van der Waals surface area (Å²) >= 11 is 0. The molecule has 22 heavy (non-hydrogen) atoms. The Bertz CT molecular complexity index is 660. The van der Waals surface area contributed by atoms with Crippen molar-refractivity contribution in [1.29, 1.82) is 0 Å². The number of para-hydroxylation sites is 1. The van der Waals surface area contributed by atoms with Crippen LogP contribution < -0.4 is 0 Å². The number of aromatic nitrogens is 1. The molecule has 0 aliphatic rings. The van der Waals surface area contributed by atoms with Gasteiger partial charge in [-0.1, -0.05) is 24.6 Å². The molecule has 0 fully saturated rings. The molecule has 2 aromatic rings. The van der Waals surface area contributed by atoms with Crippen molar-refractivity contribution in [3.63, 3.8) is 0 Å². The van der Waals surface area contributed by atoms with Crippen LogP contribution >= 0.6 is 0 Å². The van der Waals surface area contributed by atoms with Gasteiger partial charge in [-0.15, -0.1) is 0 Å². The number of nitrogens with zero attached hydrogens (tertiary/aromatic N) is 1. The molecular weight excluding hydrogens is 282 g/mol. The number of aryl methyl sites for hydroxylation is 1. The number of hydrogen-bond donors (Lipinski definition) is 1. The zero-order valence-corrected chi connectivity index (χ0v) is 12.7.